The third-order valence-electron chi connectivity index (χ3n) is 3.80. The van der Waals surface area contributed by atoms with Crippen LogP contribution in [0.5, 0.6) is 5.75 Å². The molecule has 22 heavy (non-hydrogen) atoms. The lowest BCUT2D eigenvalue weighted by atomic mass is 10.2. The van der Waals surface area contributed by atoms with Crippen molar-refractivity contribution in [3.8, 4) is 5.75 Å². The van der Waals surface area contributed by atoms with Gasteiger partial charge in [0, 0.05) is 19.3 Å². The SMILES string of the molecule is CCOc1cccn2c(C(=O)NC3CNCC3O)c(C)nc12. The van der Waals surface area contributed by atoms with Crippen LogP contribution in [0.1, 0.15) is 23.1 Å². The molecule has 1 saturated heterocycles. The molecule has 1 aliphatic rings. The van der Waals surface area contributed by atoms with Crippen LogP contribution in [0.2, 0.25) is 0 Å². The first kappa shape index (κ1) is 14.8. The standard InChI is InChI=1S/C15H20N4O3/c1-3-22-12-5-4-6-19-13(9(2)17-14(12)19)15(21)18-10-7-16-8-11(10)20/h4-6,10-11,16,20H,3,7-8H2,1-2H3,(H,18,21). The number of carbonyl (C=O) groups is 1. The van der Waals surface area contributed by atoms with Gasteiger partial charge in [-0.25, -0.2) is 4.98 Å². The van der Waals surface area contributed by atoms with Gasteiger partial charge in [-0.05, 0) is 26.0 Å². The topological polar surface area (TPSA) is 87.9 Å². The van der Waals surface area contributed by atoms with Crippen LogP contribution < -0.4 is 15.4 Å². The number of carbonyl (C=O) groups excluding carboxylic acids is 1. The van der Waals surface area contributed by atoms with Crippen molar-refractivity contribution in [2.24, 2.45) is 0 Å². The molecule has 0 spiro atoms. The molecule has 2 aromatic rings. The van der Waals surface area contributed by atoms with Gasteiger partial charge in [0.05, 0.1) is 24.4 Å². The second-order valence-corrected chi connectivity index (χ2v) is 5.35. The Kier molecular flexibility index (Phi) is 4.00. The number of aromatic nitrogens is 2. The fraction of sp³-hybridized carbons (Fsp3) is 0.467. The number of nitrogens with one attached hydrogen (secondary N) is 2. The van der Waals surface area contributed by atoms with Crippen molar-refractivity contribution < 1.29 is 14.6 Å². The molecule has 1 fully saturated rings. The maximum Gasteiger partial charge on any atom is 0.270 e. The van der Waals surface area contributed by atoms with Gasteiger partial charge >= 0.3 is 0 Å². The monoisotopic (exact) mass is 304 g/mol. The van der Waals surface area contributed by atoms with Gasteiger partial charge in [0.1, 0.15) is 5.69 Å². The van der Waals surface area contributed by atoms with Crippen LogP contribution in [0.15, 0.2) is 18.3 Å². The molecule has 7 nitrogen and oxygen atoms in total. The summed E-state index contributed by atoms with van der Waals surface area (Å²) >= 11 is 0. The van der Waals surface area contributed by atoms with Crippen molar-refractivity contribution in [3.63, 3.8) is 0 Å². The number of hydrogen-bond acceptors (Lipinski definition) is 5. The second kappa shape index (κ2) is 5.94. The van der Waals surface area contributed by atoms with E-state index in [2.05, 4.69) is 15.6 Å². The van der Waals surface area contributed by atoms with Gasteiger partial charge in [0.2, 0.25) is 0 Å². The van der Waals surface area contributed by atoms with Crippen LogP contribution in [-0.4, -0.2) is 52.2 Å². The largest absolute Gasteiger partial charge is 0.490 e. The molecule has 3 heterocycles. The van der Waals surface area contributed by atoms with Gasteiger partial charge in [-0.1, -0.05) is 0 Å². The van der Waals surface area contributed by atoms with Gasteiger partial charge in [0.25, 0.3) is 5.91 Å². The number of aliphatic hydroxyl groups is 1. The van der Waals surface area contributed by atoms with Crippen molar-refractivity contribution in [1.82, 2.24) is 20.0 Å². The number of rotatable bonds is 4. The summed E-state index contributed by atoms with van der Waals surface area (Å²) in [6, 6.07) is 3.37. The van der Waals surface area contributed by atoms with E-state index in [1.165, 1.54) is 0 Å². The second-order valence-electron chi connectivity index (χ2n) is 5.35. The van der Waals surface area contributed by atoms with Crippen molar-refractivity contribution in [3.05, 3.63) is 29.7 Å². The number of ether oxygens (including phenoxy) is 1. The molecule has 0 aromatic carbocycles. The Morgan fingerprint density at radius 1 is 1.59 bits per heavy atom. The number of aliphatic hydroxyl groups excluding tert-OH is 1. The van der Waals surface area contributed by atoms with E-state index in [1.54, 1.807) is 17.5 Å². The third-order valence-corrected chi connectivity index (χ3v) is 3.80. The highest BCUT2D eigenvalue weighted by molar-refractivity contribution is 5.95. The van der Waals surface area contributed by atoms with Gasteiger partial charge in [-0.3, -0.25) is 9.20 Å². The molecule has 0 aliphatic carbocycles. The van der Waals surface area contributed by atoms with Crippen molar-refractivity contribution >= 4 is 11.6 Å². The summed E-state index contributed by atoms with van der Waals surface area (Å²) in [6.45, 7) is 5.29. The van der Waals surface area contributed by atoms with E-state index >= 15 is 0 Å². The fourth-order valence-corrected chi connectivity index (χ4v) is 2.75. The van der Waals surface area contributed by atoms with Crippen LogP contribution in [0, 0.1) is 6.92 Å². The molecule has 2 atom stereocenters. The Hall–Kier alpha value is -2.12. The molecule has 2 aromatic heterocycles. The Morgan fingerprint density at radius 2 is 2.41 bits per heavy atom. The number of pyridine rings is 1. The number of amides is 1. The smallest absolute Gasteiger partial charge is 0.270 e. The highest BCUT2D eigenvalue weighted by atomic mass is 16.5. The molecule has 118 valence electrons. The Morgan fingerprint density at radius 3 is 3.09 bits per heavy atom. The molecule has 2 unspecified atom stereocenters. The first-order valence-electron chi connectivity index (χ1n) is 7.42. The number of β-amino-alcohol motifs (C(OH)–C–C–N with tert-alkyl or cyclic N) is 1. The quantitative estimate of drug-likeness (QED) is 0.746. The minimum atomic E-state index is -0.567. The summed E-state index contributed by atoms with van der Waals surface area (Å²) in [5, 5.41) is 15.7. The molecule has 0 bridgehead atoms. The molecule has 3 rings (SSSR count). The van der Waals surface area contributed by atoms with E-state index in [0.29, 0.717) is 42.5 Å². The number of aryl methyl sites for hydroxylation is 1. The summed E-state index contributed by atoms with van der Waals surface area (Å²) in [7, 11) is 0. The van der Waals surface area contributed by atoms with E-state index in [0.717, 1.165) is 0 Å². The Labute approximate surface area is 128 Å². The zero-order chi connectivity index (χ0) is 15.7. The van der Waals surface area contributed by atoms with Crippen molar-refractivity contribution in [2.45, 2.75) is 26.0 Å². The van der Waals surface area contributed by atoms with E-state index in [4.69, 9.17) is 4.74 Å². The molecule has 3 N–H and O–H groups in total. The molecular formula is C15H20N4O3. The van der Waals surface area contributed by atoms with Crippen LogP contribution in [0.3, 0.4) is 0 Å². The van der Waals surface area contributed by atoms with E-state index in [1.807, 2.05) is 19.1 Å². The molecule has 0 radical (unpaired) electrons. The first-order chi connectivity index (χ1) is 10.6. The normalized spacial score (nSPS) is 21.2. The maximum absolute atomic E-state index is 12.6. The Bertz CT molecular complexity index is 697. The van der Waals surface area contributed by atoms with E-state index < -0.39 is 6.10 Å². The number of fused-ring (bicyclic) bond motifs is 1. The fourth-order valence-electron chi connectivity index (χ4n) is 2.75. The molecular weight excluding hydrogens is 284 g/mol. The van der Waals surface area contributed by atoms with Crippen LogP contribution >= 0.6 is 0 Å². The predicted octanol–water partition coefficient (Wildman–Crippen LogP) is 0.104. The minimum absolute atomic E-state index is 0.244. The average Bonchev–Trinajstić information content (AvgIpc) is 3.03. The number of hydrogen-bond donors (Lipinski definition) is 3. The van der Waals surface area contributed by atoms with Crippen molar-refractivity contribution in [1.29, 1.82) is 0 Å². The number of imidazole rings is 1. The van der Waals surface area contributed by atoms with Crippen LogP contribution in [0.25, 0.3) is 5.65 Å². The van der Waals surface area contributed by atoms with Crippen LogP contribution in [-0.2, 0) is 0 Å². The van der Waals surface area contributed by atoms with Crippen molar-refractivity contribution in [2.75, 3.05) is 19.7 Å². The highest BCUT2D eigenvalue weighted by Gasteiger charge is 2.28. The lowest BCUT2D eigenvalue weighted by molar-refractivity contribution is 0.0882. The number of nitrogens with zero attached hydrogens (tertiary/aromatic N) is 2. The zero-order valence-corrected chi connectivity index (χ0v) is 12.7. The maximum atomic E-state index is 12.6. The minimum Gasteiger partial charge on any atom is -0.490 e. The summed E-state index contributed by atoms with van der Waals surface area (Å²) in [4.78, 5) is 17.0. The first-order valence-corrected chi connectivity index (χ1v) is 7.42. The summed E-state index contributed by atoms with van der Waals surface area (Å²) < 4.78 is 7.28. The Balaban J connectivity index is 1.94. The van der Waals surface area contributed by atoms with Gasteiger partial charge in [-0.15, -0.1) is 0 Å². The molecule has 0 saturated carbocycles. The molecule has 1 aliphatic heterocycles. The average molecular weight is 304 g/mol. The highest BCUT2D eigenvalue weighted by Crippen LogP contribution is 2.22. The summed E-state index contributed by atoms with van der Waals surface area (Å²) in [5.74, 6) is 0.404. The summed E-state index contributed by atoms with van der Waals surface area (Å²) in [6.07, 6.45) is 1.22. The van der Waals surface area contributed by atoms with E-state index in [-0.39, 0.29) is 11.9 Å². The third kappa shape index (κ3) is 2.53. The van der Waals surface area contributed by atoms with Gasteiger partial charge in [0.15, 0.2) is 11.4 Å². The zero-order valence-electron chi connectivity index (χ0n) is 12.7. The predicted molar refractivity (Wildman–Crippen MR) is 81.2 cm³/mol. The van der Waals surface area contributed by atoms with Gasteiger partial charge in [-0.2, -0.15) is 0 Å². The molecule has 1 amide bonds. The molecule has 7 heteroatoms. The summed E-state index contributed by atoms with van der Waals surface area (Å²) in [5.41, 5.74) is 1.72. The van der Waals surface area contributed by atoms with Gasteiger partial charge < -0.3 is 20.5 Å². The lowest BCUT2D eigenvalue weighted by Crippen LogP contribution is -2.43. The lowest BCUT2D eigenvalue weighted by Gasteiger charge is -2.15. The van der Waals surface area contributed by atoms with Crippen LogP contribution in [0.4, 0.5) is 0 Å². The van der Waals surface area contributed by atoms with E-state index in [9.17, 15) is 9.90 Å².